The lowest BCUT2D eigenvalue weighted by Gasteiger charge is -2.33. The van der Waals surface area contributed by atoms with Crippen LogP contribution in [0.1, 0.15) is 5.56 Å². The van der Waals surface area contributed by atoms with Crippen LogP contribution in [-0.4, -0.2) is 33.2 Å². The van der Waals surface area contributed by atoms with Crippen molar-refractivity contribution in [2.24, 2.45) is 0 Å². The summed E-state index contributed by atoms with van der Waals surface area (Å²) in [7, 11) is -3.54. The molecule has 8 heteroatoms. The number of nitrogens with one attached hydrogen (secondary N) is 1. The number of para-hydroxylation sites is 2. The fourth-order valence-corrected chi connectivity index (χ4v) is 3.64. The summed E-state index contributed by atoms with van der Waals surface area (Å²) >= 11 is 6.06. The van der Waals surface area contributed by atoms with Crippen LogP contribution in [0.15, 0.2) is 42.5 Å². The quantitative estimate of drug-likeness (QED) is 0.888. The number of hydrogen-bond donors (Lipinski definition) is 1. The fraction of sp³-hybridized carbons (Fsp3) is 0.235. The van der Waals surface area contributed by atoms with E-state index in [-0.39, 0.29) is 6.54 Å². The Morgan fingerprint density at radius 3 is 2.68 bits per heavy atom. The smallest absolute Gasteiger partial charge is 0.267 e. The molecule has 0 fully saturated rings. The van der Waals surface area contributed by atoms with E-state index in [1.54, 1.807) is 42.5 Å². The van der Waals surface area contributed by atoms with Gasteiger partial charge in [-0.25, -0.2) is 8.42 Å². The highest BCUT2D eigenvalue weighted by Gasteiger charge is 2.34. The molecule has 2 aromatic carbocycles. The third kappa shape index (κ3) is 3.72. The molecule has 25 heavy (non-hydrogen) atoms. The summed E-state index contributed by atoms with van der Waals surface area (Å²) in [6, 6.07) is 11.9. The summed E-state index contributed by atoms with van der Waals surface area (Å²) in [5, 5.41) is 3.25. The van der Waals surface area contributed by atoms with Gasteiger partial charge < -0.3 is 10.1 Å². The van der Waals surface area contributed by atoms with Crippen LogP contribution in [0.5, 0.6) is 5.75 Å². The van der Waals surface area contributed by atoms with E-state index < -0.39 is 22.0 Å². The van der Waals surface area contributed by atoms with Gasteiger partial charge in [0.2, 0.25) is 10.0 Å². The van der Waals surface area contributed by atoms with Crippen LogP contribution in [-0.2, 0) is 14.8 Å². The van der Waals surface area contributed by atoms with Crippen molar-refractivity contribution in [1.82, 2.24) is 0 Å². The predicted octanol–water partition coefficient (Wildman–Crippen LogP) is 2.81. The second kappa shape index (κ2) is 6.57. The van der Waals surface area contributed by atoms with Gasteiger partial charge in [-0.3, -0.25) is 9.10 Å². The minimum Gasteiger partial charge on any atom is -0.476 e. The summed E-state index contributed by atoms with van der Waals surface area (Å²) in [6.07, 6.45) is 0.133. The number of ether oxygens (including phenoxy) is 1. The van der Waals surface area contributed by atoms with E-state index in [0.717, 1.165) is 11.8 Å². The number of sulfonamides is 1. The van der Waals surface area contributed by atoms with Gasteiger partial charge in [0.05, 0.1) is 18.5 Å². The van der Waals surface area contributed by atoms with Gasteiger partial charge in [0.25, 0.3) is 5.91 Å². The largest absolute Gasteiger partial charge is 0.476 e. The van der Waals surface area contributed by atoms with E-state index in [2.05, 4.69) is 5.32 Å². The molecule has 0 bridgehead atoms. The lowest BCUT2D eigenvalue weighted by molar-refractivity contribution is -0.122. The third-order valence-electron chi connectivity index (χ3n) is 3.87. The number of fused-ring (bicyclic) bond motifs is 1. The SMILES string of the molecule is Cc1ccc(NC(=O)[C@H]2CN(S(C)(=O)=O)c3ccccc3O2)cc1Cl. The predicted molar refractivity (Wildman–Crippen MR) is 97.9 cm³/mol. The number of aryl methyl sites for hydroxylation is 1. The molecule has 2 aromatic rings. The Hall–Kier alpha value is -2.25. The third-order valence-corrected chi connectivity index (χ3v) is 5.42. The first-order valence-electron chi connectivity index (χ1n) is 7.56. The molecule has 0 aromatic heterocycles. The van der Waals surface area contributed by atoms with Crippen molar-refractivity contribution in [2.45, 2.75) is 13.0 Å². The van der Waals surface area contributed by atoms with Gasteiger partial charge in [-0.05, 0) is 36.8 Å². The first-order valence-corrected chi connectivity index (χ1v) is 9.79. The summed E-state index contributed by atoms with van der Waals surface area (Å²) in [5.41, 5.74) is 1.84. The van der Waals surface area contributed by atoms with Crippen LogP contribution in [0.25, 0.3) is 0 Å². The van der Waals surface area contributed by atoms with Gasteiger partial charge in [0.1, 0.15) is 5.75 Å². The maximum Gasteiger partial charge on any atom is 0.267 e. The highest BCUT2D eigenvalue weighted by Crippen LogP contribution is 2.34. The number of anilines is 2. The average Bonchev–Trinajstić information content (AvgIpc) is 2.56. The highest BCUT2D eigenvalue weighted by atomic mass is 35.5. The summed E-state index contributed by atoms with van der Waals surface area (Å²) in [6.45, 7) is 1.76. The average molecular weight is 381 g/mol. The van der Waals surface area contributed by atoms with Crippen molar-refractivity contribution in [1.29, 1.82) is 0 Å². The molecule has 0 spiro atoms. The second-order valence-electron chi connectivity index (χ2n) is 5.82. The summed E-state index contributed by atoms with van der Waals surface area (Å²) in [4.78, 5) is 12.5. The zero-order chi connectivity index (χ0) is 18.2. The van der Waals surface area contributed by atoms with Crippen molar-refractivity contribution in [3.8, 4) is 5.75 Å². The number of carbonyl (C=O) groups is 1. The Morgan fingerprint density at radius 2 is 2.00 bits per heavy atom. The number of rotatable bonds is 3. The van der Waals surface area contributed by atoms with E-state index in [9.17, 15) is 13.2 Å². The van der Waals surface area contributed by atoms with Crippen molar-refractivity contribution >= 4 is 38.9 Å². The Kier molecular flexibility index (Phi) is 4.62. The van der Waals surface area contributed by atoms with Gasteiger partial charge in [0, 0.05) is 10.7 Å². The molecule has 1 amide bonds. The zero-order valence-corrected chi connectivity index (χ0v) is 15.3. The van der Waals surface area contributed by atoms with E-state index in [4.69, 9.17) is 16.3 Å². The number of amides is 1. The van der Waals surface area contributed by atoms with Crippen LogP contribution in [0, 0.1) is 6.92 Å². The number of halogens is 1. The molecular weight excluding hydrogens is 364 g/mol. The van der Waals surface area contributed by atoms with Crippen molar-refractivity contribution < 1.29 is 17.9 Å². The van der Waals surface area contributed by atoms with Gasteiger partial charge in [-0.15, -0.1) is 0 Å². The summed E-state index contributed by atoms with van der Waals surface area (Å²) in [5.74, 6) is -0.0932. The molecule has 132 valence electrons. The lowest BCUT2D eigenvalue weighted by atomic mass is 10.2. The molecule has 0 radical (unpaired) electrons. The molecule has 0 aliphatic carbocycles. The molecule has 1 N–H and O–H groups in total. The minimum atomic E-state index is -3.54. The molecule has 1 atom stereocenters. The Labute approximate surface area is 151 Å². The minimum absolute atomic E-state index is 0.0960. The van der Waals surface area contributed by atoms with E-state index in [0.29, 0.717) is 22.1 Å². The molecule has 1 aliphatic heterocycles. The topological polar surface area (TPSA) is 75.7 Å². The second-order valence-corrected chi connectivity index (χ2v) is 8.14. The fourth-order valence-electron chi connectivity index (χ4n) is 2.55. The number of benzene rings is 2. The number of carbonyl (C=O) groups excluding carboxylic acids is 1. The molecular formula is C17H17ClN2O4S. The Bertz CT molecular complexity index is 930. The van der Waals surface area contributed by atoms with Crippen molar-refractivity contribution in [2.75, 3.05) is 22.4 Å². The van der Waals surface area contributed by atoms with Crippen molar-refractivity contribution in [3.05, 3.63) is 53.1 Å². The molecule has 0 saturated carbocycles. The van der Waals surface area contributed by atoms with E-state index in [1.165, 1.54) is 4.31 Å². The normalized spacial score (nSPS) is 16.8. The van der Waals surface area contributed by atoms with Crippen molar-refractivity contribution in [3.63, 3.8) is 0 Å². The van der Waals surface area contributed by atoms with Crippen LogP contribution in [0.2, 0.25) is 5.02 Å². The monoisotopic (exact) mass is 380 g/mol. The summed E-state index contributed by atoms with van der Waals surface area (Å²) < 4.78 is 31.0. The molecule has 1 heterocycles. The van der Waals surface area contributed by atoms with E-state index in [1.807, 2.05) is 6.92 Å². The Morgan fingerprint density at radius 1 is 1.28 bits per heavy atom. The molecule has 3 rings (SSSR count). The van der Waals surface area contributed by atoms with Crippen LogP contribution in [0.3, 0.4) is 0 Å². The molecule has 1 aliphatic rings. The number of hydrogen-bond acceptors (Lipinski definition) is 4. The van der Waals surface area contributed by atoms with Crippen LogP contribution >= 0.6 is 11.6 Å². The zero-order valence-electron chi connectivity index (χ0n) is 13.7. The molecule has 6 nitrogen and oxygen atoms in total. The van der Waals surface area contributed by atoms with Crippen LogP contribution < -0.4 is 14.4 Å². The van der Waals surface area contributed by atoms with Gasteiger partial charge in [0.15, 0.2) is 6.10 Å². The highest BCUT2D eigenvalue weighted by molar-refractivity contribution is 7.92. The van der Waals surface area contributed by atoms with E-state index >= 15 is 0 Å². The maximum atomic E-state index is 12.5. The number of nitrogens with zero attached hydrogens (tertiary/aromatic N) is 1. The van der Waals surface area contributed by atoms with Crippen LogP contribution in [0.4, 0.5) is 11.4 Å². The first kappa shape index (κ1) is 17.6. The Balaban J connectivity index is 1.85. The molecule has 0 saturated heterocycles. The molecule has 0 unspecified atom stereocenters. The van der Waals surface area contributed by atoms with Gasteiger partial charge in [-0.2, -0.15) is 0 Å². The maximum absolute atomic E-state index is 12.5. The first-order chi connectivity index (χ1) is 11.8. The lowest BCUT2D eigenvalue weighted by Crippen LogP contribution is -2.48. The van der Waals surface area contributed by atoms with Gasteiger partial charge in [-0.1, -0.05) is 29.8 Å². The standard InChI is InChI=1S/C17H17ClN2O4S/c1-11-7-8-12(9-13(11)18)19-17(21)16-10-20(25(2,22)23)14-5-3-4-6-15(14)24-16/h3-9,16H,10H2,1-2H3,(H,19,21)/t16-/m1/s1. The van der Waals surface area contributed by atoms with Gasteiger partial charge >= 0.3 is 0 Å².